The molecule has 0 fully saturated rings. The Bertz CT molecular complexity index is 1130. The summed E-state index contributed by atoms with van der Waals surface area (Å²) in [6.45, 7) is 3.01. The first-order valence-corrected chi connectivity index (χ1v) is 12.0. The molecule has 0 atom stereocenters. The fourth-order valence-electron chi connectivity index (χ4n) is 3.57. The molecule has 170 valence electrons. The van der Waals surface area contributed by atoms with Crippen LogP contribution in [-0.2, 0) is 0 Å². The van der Waals surface area contributed by atoms with E-state index in [2.05, 4.69) is 15.9 Å². The number of fused-ring (bicyclic) bond motifs is 1. The Hall–Kier alpha value is -2.80. The highest BCUT2D eigenvalue weighted by atomic mass is 79.9. The van der Waals surface area contributed by atoms with Gasteiger partial charge < -0.3 is 19.1 Å². The molecule has 0 aliphatic heterocycles. The Kier molecular flexibility index (Phi) is 8.73. The van der Waals surface area contributed by atoms with Crippen LogP contribution in [0.5, 0.6) is 11.5 Å². The van der Waals surface area contributed by atoms with Gasteiger partial charge in [-0.2, -0.15) is 0 Å². The van der Waals surface area contributed by atoms with Crippen molar-refractivity contribution >= 4 is 32.8 Å². The molecule has 32 heavy (non-hydrogen) atoms. The third-order valence-electron chi connectivity index (χ3n) is 5.16. The molecule has 0 saturated heterocycles. The molecule has 0 bridgehead atoms. The van der Waals surface area contributed by atoms with Gasteiger partial charge in [-0.25, -0.2) is 4.79 Å². The fourth-order valence-corrected chi connectivity index (χ4v) is 3.96. The molecule has 2 aromatic carbocycles. The van der Waals surface area contributed by atoms with Crippen LogP contribution in [0.15, 0.2) is 53.5 Å². The van der Waals surface area contributed by atoms with Crippen molar-refractivity contribution in [2.45, 2.75) is 39.0 Å². The molecule has 3 rings (SSSR count). The number of aromatic nitrogens is 1. The highest BCUT2D eigenvalue weighted by Crippen LogP contribution is 2.25. The van der Waals surface area contributed by atoms with Gasteiger partial charge in [0.15, 0.2) is 0 Å². The Balaban J connectivity index is 1.93. The van der Waals surface area contributed by atoms with Crippen LogP contribution in [0.2, 0.25) is 0 Å². The van der Waals surface area contributed by atoms with Crippen molar-refractivity contribution in [3.05, 3.63) is 64.4 Å². The molecular weight excluding hydrogens is 474 g/mol. The number of carboxylic acid groups (broad SMARTS) is 1. The van der Waals surface area contributed by atoms with Crippen LogP contribution in [-0.4, -0.2) is 34.2 Å². The summed E-state index contributed by atoms with van der Waals surface area (Å²) < 4.78 is 13.2. The maximum atomic E-state index is 12.8. The summed E-state index contributed by atoms with van der Waals surface area (Å²) in [5.41, 5.74) is 0.496. The molecule has 0 unspecified atom stereocenters. The van der Waals surface area contributed by atoms with E-state index in [1.54, 1.807) is 22.8 Å². The maximum absolute atomic E-state index is 12.8. The second kappa shape index (κ2) is 11.7. The van der Waals surface area contributed by atoms with Crippen LogP contribution in [0.1, 0.15) is 49.4 Å². The number of unbranched alkanes of at least 4 members (excludes halogenated alkanes) is 4. The number of ether oxygens (including phenoxy) is 2. The highest BCUT2D eigenvalue weighted by molar-refractivity contribution is 9.09. The number of carbonyl (C=O) groups is 1. The lowest BCUT2D eigenvalue weighted by atomic mass is 10.1. The molecule has 7 heteroatoms. The molecule has 0 aliphatic rings. The number of nitrogens with zero attached hydrogens (tertiary/aromatic N) is 1. The van der Waals surface area contributed by atoms with Crippen LogP contribution in [0.25, 0.3) is 16.6 Å². The van der Waals surface area contributed by atoms with E-state index in [9.17, 15) is 14.7 Å². The average Bonchev–Trinajstić information content (AvgIpc) is 2.79. The summed E-state index contributed by atoms with van der Waals surface area (Å²) in [6, 6.07) is 12.5. The minimum atomic E-state index is -1.26. The average molecular weight is 502 g/mol. The van der Waals surface area contributed by atoms with Crippen molar-refractivity contribution in [3.63, 3.8) is 0 Å². The van der Waals surface area contributed by atoms with Crippen LogP contribution in [0, 0.1) is 0 Å². The molecule has 6 nitrogen and oxygen atoms in total. The Morgan fingerprint density at radius 1 is 1.00 bits per heavy atom. The van der Waals surface area contributed by atoms with Crippen LogP contribution >= 0.6 is 15.9 Å². The highest BCUT2D eigenvalue weighted by Gasteiger charge is 2.16. The third kappa shape index (κ3) is 5.91. The molecule has 0 aliphatic carbocycles. The van der Waals surface area contributed by atoms with E-state index in [-0.39, 0.29) is 5.56 Å². The zero-order valence-corrected chi connectivity index (χ0v) is 19.8. The third-order valence-corrected chi connectivity index (χ3v) is 5.72. The zero-order chi connectivity index (χ0) is 22.9. The number of aromatic carboxylic acids is 1. The van der Waals surface area contributed by atoms with Crippen molar-refractivity contribution < 1.29 is 19.4 Å². The molecule has 1 N–H and O–H groups in total. The predicted molar refractivity (Wildman–Crippen MR) is 130 cm³/mol. The standard InChI is InChI=1S/C25H28BrNO5/c1-2-31-19-10-8-9-18(15-19)27-17-22(25(29)30)24(28)21-12-11-20(16-23(21)27)32-14-7-5-3-4-6-13-26/h8-12,15-17H,2-7,13-14H2,1H3,(H,29,30). The Morgan fingerprint density at radius 3 is 2.50 bits per heavy atom. The number of rotatable bonds is 12. The van der Waals surface area contributed by atoms with Gasteiger partial charge in [0, 0.05) is 34.7 Å². The summed E-state index contributed by atoms with van der Waals surface area (Å²) in [6.07, 6.45) is 7.01. The Morgan fingerprint density at radius 2 is 1.75 bits per heavy atom. The molecule has 1 heterocycles. The summed E-state index contributed by atoms with van der Waals surface area (Å²) in [4.78, 5) is 24.4. The van der Waals surface area contributed by atoms with E-state index >= 15 is 0 Å². The van der Waals surface area contributed by atoms with Crippen molar-refractivity contribution in [3.8, 4) is 17.2 Å². The summed E-state index contributed by atoms with van der Waals surface area (Å²) in [7, 11) is 0. The smallest absolute Gasteiger partial charge is 0.341 e. The van der Waals surface area contributed by atoms with Gasteiger partial charge in [0.1, 0.15) is 17.1 Å². The first-order valence-electron chi connectivity index (χ1n) is 10.9. The normalized spacial score (nSPS) is 10.9. The van der Waals surface area contributed by atoms with E-state index in [1.165, 1.54) is 25.5 Å². The van der Waals surface area contributed by atoms with E-state index < -0.39 is 11.4 Å². The second-order valence-corrected chi connectivity index (χ2v) is 8.25. The lowest BCUT2D eigenvalue weighted by Crippen LogP contribution is -2.18. The van der Waals surface area contributed by atoms with Gasteiger partial charge in [-0.15, -0.1) is 0 Å². The first-order chi connectivity index (χ1) is 15.5. The van der Waals surface area contributed by atoms with Gasteiger partial charge in [-0.1, -0.05) is 41.3 Å². The minimum Gasteiger partial charge on any atom is -0.494 e. The molecule has 0 radical (unpaired) electrons. The first kappa shape index (κ1) is 23.9. The van der Waals surface area contributed by atoms with E-state index in [1.807, 2.05) is 31.2 Å². The van der Waals surface area contributed by atoms with Gasteiger partial charge >= 0.3 is 5.97 Å². The topological polar surface area (TPSA) is 77.8 Å². The maximum Gasteiger partial charge on any atom is 0.341 e. The van der Waals surface area contributed by atoms with Gasteiger partial charge in [0.2, 0.25) is 5.43 Å². The number of hydrogen-bond acceptors (Lipinski definition) is 4. The molecular formula is C25H28BrNO5. The fraction of sp³-hybridized carbons (Fsp3) is 0.360. The van der Waals surface area contributed by atoms with Crippen molar-refractivity contribution in [1.82, 2.24) is 4.57 Å². The molecule has 3 aromatic rings. The molecule has 0 spiro atoms. The van der Waals surface area contributed by atoms with E-state index in [0.717, 1.165) is 18.2 Å². The van der Waals surface area contributed by atoms with Gasteiger partial charge in [-0.05, 0) is 44.0 Å². The van der Waals surface area contributed by atoms with Crippen LogP contribution in [0.3, 0.4) is 0 Å². The van der Waals surface area contributed by atoms with Gasteiger partial charge in [-0.3, -0.25) is 4.79 Å². The van der Waals surface area contributed by atoms with Crippen molar-refractivity contribution in [1.29, 1.82) is 0 Å². The Labute approximate surface area is 195 Å². The number of alkyl halides is 1. The number of halogens is 1. The largest absolute Gasteiger partial charge is 0.494 e. The predicted octanol–water partition coefficient (Wildman–Crippen LogP) is 5.81. The second-order valence-electron chi connectivity index (χ2n) is 7.46. The number of benzene rings is 2. The molecule has 0 amide bonds. The molecule has 1 aromatic heterocycles. The summed E-state index contributed by atoms with van der Waals surface area (Å²) >= 11 is 3.45. The number of hydrogen-bond donors (Lipinski definition) is 1. The summed E-state index contributed by atoms with van der Waals surface area (Å²) in [5.74, 6) is 0.0584. The van der Waals surface area contributed by atoms with Crippen LogP contribution < -0.4 is 14.9 Å². The van der Waals surface area contributed by atoms with Gasteiger partial charge in [0.05, 0.1) is 18.7 Å². The van der Waals surface area contributed by atoms with Crippen LogP contribution in [0.4, 0.5) is 0 Å². The number of carboxylic acids is 1. The van der Waals surface area contributed by atoms with Crippen molar-refractivity contribution in [2.75, 3.05) is 18.5 Å². The lowest BCUT2D eigenvalue weighted by Gasteiger charge is -2.15. The quantitative estimate of drug-likeness (QED) is 0.250. The molecule has 0 saturated carbocycles. The minimum absolute atomic E-state index is 0.281. The monoisotopic (exact) mass is 501 g/mol. The zero-order valence-electron chi connectivity index (χ0n) is 18.2. The summed E-state index contributed by atoms with van der Waals surface area (Å²) in [5, 5.41) is 10.9. The number of pyridine rings is 1. The van der Waals surface area contributed by atoms with Gasteiger partial charge in [0.25, 0.3) is 0 Å². The SMILES string of the molecule is CCOc1cccc(-n2cc(C(=O)O)c(=O)c3ccc(OCCCCCCCBr)cc32)c1. The van der Waals surface area contributed by atoms with Crippen molar-refractivity contribution in [2.24, 2.45) is 0 Å². The van der Waals surface area contributed by atoms with E-state index in [4.69, 9.17) is 9.47 Å². The van der Waals surface area contributed by atoms with E-state index in [0.29, 0.717) is 41.3 Å². The lowest BCUT2D eigenvalue weighted by molar-refractivity contribution is 0.0695.